The number of hydrogen-bond donors (Lipinski definition) is 1. The first-order chi connectivity index (χ1) is 11.5. The molecule has 0 saturated heterocycles. The van der Waals surface area contributed by atoms with Gasteiger partial charge < -0.3 is 10.1 Å². The summed E-state index contributed by atoms with van der Waals surface area (Å²) in [4.78, 5) is 24.0. The van der Waals surface area contributed by atoms with Crippen molar-refractivity contribution in [3.8, 4) is 0 Å². The van der Waals surface area contributed by atoms with E-state index in [-0.39, 0.29) is 11.9 Å². The highest BCUT2D eigenvalue weighted by atomic mass is 35.5. The van der Waals surface area contributed by atoms with Gasteiger partial charge in [-0.05, 0) is 49.5 Å². The van der Waals surface area contributed by atoms with Gasteiger partial charge in [-0.1, -0.05) is 43.5 Å². The molecule has 24 heavy (non-hydrogen) atoms. The summed E-state index contributed by atoms with van der Waals surface area (Å²) in [6, 6.07) is 7.26. The zero-order valence-electron chi connectivity index (χ0n) is 14.1. The number of carbonyl (C=O) groups excluding carboxylic acids is 2. The van der Waals surface area contributed by atoms with Gasteiger partial charge in [0.25, 0.3) is 5.91 Å². The van der Waals surface area contributed by atoms with Gasteiger partial charge in [-0.15, -0.1) is 0 Å². The number of halogens is 1. The number of amides is 1. The van der Waals surface area contributed by atoms with Crippen LogP contribution in [0.4, 0.5) is 0 Å². The third-order valence-corrected chi connectivity index (χ3v) is 4.64. The Labute approximate surface area is 148 Å². The fourth-order valence-corrected chi connectivity index (χ4v) is 2.96. The van der Waals surface area contributed by atoms with Crippen molar-refractivity contribution in [3.63, 3.8) is 0 Å². The van der Waals surface area contributed by atoms with Gasteiger partial charge in [-0.3, -0.25) is 4.79 Å². The summed E-state index contributed by atoms with van der Waals surface area (Å²) in [6.45, 7) is 3.74. The van der Waals surface area contributed by atoms with E-state index in [1.807, 2.05) is 0 Å². The molecule has 0 spiro atoms. The zero-order chi connectivity index (χ0) is 17.5. The van der Waals surface area contributed by atoms with Crippen LogP contribution in [0.25, 0.3) is 6.08 Å². The normalized spacial score (nSPS) is 22.1. The predicted octanol–water partition coefficient (Wildman–Crippen LogP) is 3.98. The molecule has 1 saturated carbocycles. The van der Waals surface area contributed by atoms with E-state index in [0.29, 0.717) is 10.9 Å². The molecule has 1 aliphatic carbocycles. The third-order valence-electron chi connectivity index (χ3n) is 4.38. The molecule has 3 atom stereocenters. The highest BCUT2D eigenvalue weighted by molar-refractivity contribution is 6.30. The van der Waals surface area contributed by atoms with Gasteiger partial charge in [-0.25, -0.2) is 4.79 Å². The van der Waals surface area contributed by atoms with Crippen molar-refractivity contribution >= 4 is 29.6 Å². The Hall–Kier alpha value is -1.81. The molecule has 1 N–H and O–H groups in total. The highest BCUT2D eigenvalue weighted by Crippen LogP contribution is 2.23. The average Bonchev–Trinajstić information content (AvgIpc) is 2.56. The summed E-state index contributed by atoms with van der Waals surface area (Å²) < 4.78 is 5.17. The molecule has 2 rings (SSSR count). The maximum Gasteiger partial charge on any atom is 0.331 e. The summed E-state index contributed by atoms with van der Waals surface area (Å²) in [5.41, 5.74) is 0.837. The molecule has 5 heteroatoms. The molecular weight excluding hydrogens is 326 g/mol. The second-order valence-electron chi connectivity index (χ2n) is 6.34. The Morgan fingerprint density at radius 1 is 1.25 bits per heavy atom. The highest BCUT2D eigenvalue weighted by Gasteiger charge is 2.25. The minimum atomic E-state index is -0.804. The SMILES string of the molecule is C[C@@H](OC(=O)/C=C/c1ccc(Cl)cc1)C(=O)N[C@@H]1CCCC[C@@H]1C. The van der Waals surface area contributed by atoms with Crippen molar-refractivity contribution in [2.24, 2.45) is 5.92 Å². The van der Waals surface area contributed by atoms with Crippen molar-refractivity contribution in [2.45, 2.75) is 51.7 Å². The Morgan fingerprint density at radius 2 is 1.92 bits per heavy atom. The van der Waals surface area contributed by atoms with Gasteiger partial charge >= 0.3 is 5.97 Å². The predicted molar refractivity (Wildman–Crippen MR) is 95.6 cm³/mol. The molecule has 1 fully saturated rings. The van der Waals surface area contributed by atoms with Crippen LogP contribution in [0, 0.1) is 5.92 Å². The maximum atomic E-state index is 12.2. The van der Waals surface area contributed by atoms with Crippen LogP contribution >= 0.6 is 11.6 Å². The van der Waals surface area contributed by atoms with E-state index in [1.54, 1.807) is 37.3 Å². The Kier molecular flexibility index (Phi) is 6.85. The molecule has 0 aliphatic heterocycles. The zero-order valence-corrected chi connectivity index (χ0v) is 14.9. The molecule has 0 aromatic heterocycles. The van der Waals surface area contributed by atoms with E-state index < -0.39 is 12.1 Å². The third kappa shape index (κ3) is 5.68. The van der Waals surface area contributed by atoms with E-state index in [0.717, 1.165) is 24.8 Å². The monoisotopic (exact) mass is 349 g/mol. The molecule has 0 unspecified atom stereocenters. The van der Waals surface area contributed by atoms with E-state index in [2.05, 4.69) is 12.2 Å². The molecule has 0 heterocycles. The van der Waals surface area contributed by atoms with E-state index in [1.165, 1.54) is 12.5 Å². The first-order valence-electron chi connectivity index (χ1n) is 8.40. The van der Waals surface area contributed by atoms with Crippen LogP contribution in [-0.4, -0.2) is 24.0 Å². The molecule has 4 nitrogen and oxygen atoms in total. The Bertz CT molecular complexity index is 597. The molecule has 0 bridgehead atoms. The second kappa shape index (κ2) is 8.88. The molecule has 1 amide bonds. The van der Waals surface area contributed by atoms with Crippen molar-refractivity contribution in [1.29, 1.82) is 0 Å². The summed E-state index contributed by atoms with van der Waals surface area (Å²) in [6.07, 6.45) is 6.61. The molecule has 1 aliphatic rings. The van der Waals surface area contributed by atoms with Crippen LogP contribution < -0.4 is 5.32 Å². The van der Waals surface area contributed by atoms with E-state index in [4.69, 9.17) is 16.3 Å². The molecule has 130 valence electrons. The van der Waals surface area contributed by atoms with Crippen molar-refractivity contribution < 1.29 is 14.3 Å². The van der Waals surface area contributed by atoms with E-state index >= 15 is 0 Å². The van der Waals surface area contributed by atoms with Crippen LogP contribution in [0.2, 0.25) is 5.02 Å². The summed E-state index contributed by atoms with van der Waals surface area (Å²) >= 11 is 5.81. The lowest BCUT2D eigenvalue weighted by atomic mass is 9.86. The van der Waals surface area contributed by atoms with Gasteiger partial charge in [0.2, 0.25) is 0 Å². The minimum absolute atomic E-state index is 0.178. The number of esters is 1. The Morgan fingerprint density at radius 3 is 2.58 bits per heavy atom. The van der Waals surface area contributed by atoms with Crippen LogP contribution in [0.15, 0.2) is 30.3 Å². The van der Waals surface area contributed by atoms with Crippen LogP contribution in [0.1, 0.15) is 45.1 Å². The second-order valence-corrected chi connectivity index (χ2v) is 6.78. The topological polar surface area (TPSA) is 55.4 Å². The lowest BCUT2D eigenvalue weighted by Gasteiger charge is -2.30. The standard InChI is InChI=1S/C19H24ClNO3/c1-13-5-3-4-6-17(13)21-19(23)14(2)24-18(22)12-9-15-7-10-16(20)11-8-15/h7-14,17H,3-6H2,1-2H3,(H,21,23)/b12-9+/t13-,14+,17+/m0/s1. The number of benzene rings is 1. The average molecular weight is 350 g/mol. The first kappa shape index (κ1) is 18.5. The van der Waals surface area contributed by atoms with Crippen LogP contribution in [0.5, 0.6) is 0 Å². The lowest BCUT2D eigenvalue weighted by molar-refractivity contribution is -0.150. The van der Waals surface area contributed by atoms with Crippen molar-refractivity contribution in [1.82, 2.24) is 5.32 Å². The molecular formula is C19H24ClNO3. The number of nitrogens with one attached hydrogen (secondary N) is 1. The summed E-state index contributed by atoms with van der Waals surface area (Å²) in [5.74, 6) is -0.304. The summed E-state index contributed by atoms with van der Waals surface area (Å²) in [5, 5.41) is 3.63. The number of rotatable bonds is 5. The molecule has 1 aromatic carbocycles. The van der Waals surface area contributed by atoms with Gasteiger partial charge in [0.05, 0.1) is 0 Å². The smallest absolute Gasteiger partial charge is 0.331 e. The molecule has 0 radical (unpaired) electrons. The Balaban J connectivity index is 1.81. The van der Waals surface area contributed by atoms with Gasteiger partial charge in [0, 0.05) is 17.1 Å². The number of ether oxygens (including phenoxy) is 1. The maximum absolute atomic E-state index is 12.2. The van der Waals surface area contributed by atoms with Crippen LogP contribution in [-0.2, 0) is 14.3 Å². The van der Waals surface area contributed by atoms with Gasteiger partial charge in [-0.2, -0.15) is 0 Å². The lowest BCUT2D eigenvalue weighted by Crippen LogP contribution is -2.45. The summed E-state index contributed by atoms with van der Waals surface area (Å²) in [7, 11) is 0. The molecule has 1 aromatic rings. The van der Waals surface area contributed by atoms with Crippen molar-refractivity contribution in [2.75, 3.05) is 0 Å². The number of hydrogen-bond acceptors (Lipinski definition) is 3. The first-order valence-corrected chi connectivity index (χ1v) is 8.78. The fraction of sp³-hybridized carbons (Fsp3) is 0.474. The van der Waals surface area contributed by atoms with Crippen LogP contribution in [0.3, 0.4) is 0 Å². The minimum Gasteiger partial charge on any atom is -0.449 e. The van der Waals surface area contributed by atoms with Crippen molar-refractivity contribution in [3.05, 3.63) is 40.9 Å². The number of carbonyl (C=O) groups is 2. The van der Waals surface area contributed by atoms with E-state index in [9.17, 15) is 9.59 Å². The largest absolute Gasteiger partial charge is 0.449 e. The van der Waals surface area contributed by atoms with Gasteiger partial charge in [0.15, 0.2) is 6.10 Å². The van der Waals surface area contributed by atoms with Gasteiger partial charge in [0.1, 0.15) is 0 Å². The quantitative estimate of drug-likeness (QED) is 0.646. The fourth-order valence-electron chi connectivity index (χ4n) is 2.84.